The van der Waals surface area contributed by atoms with Crippen LogP contribution >= 0.6 is 0 Å². The Hall–Kier alpha value is -3.15. The summed E-state index contributed by atoms with van der Waals surface area (Å²) in [7, 11) is -3.59. The number of rotatable bonds is 5. The number of aryl methyl sites for hydroxylation is 1. The van der Waals surface area contributed by atoms with E-state index in [1.54, 1.807) is 42.5 Å². The third-order valence-electron chi connectivity index (χ3n) is 5.63. The molecule has 34 heavy (non-hydrogen) atoms. The topological polar surface area (TPSA) is 117 Å². The maximum absolute atomic E-state index is 12.9. The predicted octanol–water partition coefficient (Wildman–Crippen LogP) is 1.81. The first-order chi connectivity index (χ1) is 16.3. The molecule has 4 rings (SSSR count). The SMILES string of the molecule is Cc1ccc(S(=O)(=O)N2CCCN(CC(=O)NC(=O)Nc3ccc4c(c3)OCCO4)CC2)cc1. The smallest absolute Gasteiger partial charge is 0.325 e. The lowest BCUT2D eigenvalue weighted by Gasteiger charge is -2.21. The number of ether oxygens (including phenoxy) is 2. The van der Waals surface area contributed by atoms with Crippen molar-refractivity contribution in [3.05, 3.63) is 48.0 Å². The molecule has 2 aliphatic heterocycles. The Morgan fingerprint density at radius 2 is 1.68 bits per heavy atom. The fourth-order valence-corrected chi connectivity index (χ4v) is 5.33. The third kappa shape index (κ3) is 5.85. The van der Waals surface area contributed by atoms with Crippen LogP contribution in [0.2, 0.25) is 0 Å². The molecular weight excluding hydrogens is 460 g/mol. The Balaban J connectivity index is 1.27. The van der Waals surface area contributed by atoms with Gasteiger partial charge in [0.05, 0.1) is 11.4 Å². The van der Waals surface area contributed by atoms with Crippen LogP contribution < -0.4 is 20.1 Å². The number of amides is 3. The summed E-state index contributed by atoms with van der Waals surface area (Å²) in [5, 5.41) is 4.92. The molecule has 11 heteroatoms. The molecule has 0 radical (unpaired) electrons. The first kappa shape index (κ1) is 24.0. The number of urea groups is 1. The first-order valence-corrected chi connectivity index (χ1v) is 12.5. The predicted molar refractivity (Wildman–Crippen MR) is 126 cm³/mol. The zero-order chi connectivity index (χ0) is 24.1. The van der Waals surface area contributed by atoms with Crippen LogP contribution in [0.3, 0.4) is 0 Å². The fraction of sp³-hybridized carbons (Fsp3) is 0.391. The lowest BCUT2D eigenvalue weighted by atomic mass is 10.2. The van der Waals surface area contributed by atoms with Gasteiger partial charge in [0.2, 0.25) is 15.9 Å². The molecule has 0 bridgehead atoms. The molecule has 0 unspecified atom stereocenters. The number of benzene rings is 2. The lowest BCUT2D eigenvalue weighted by molar-refractivity contribution is -0.121. The van der Waals surface area contributed by atoms with E-state index >= 15 is 0 Å². The molecule has 0 aliphatic carbocycles. The molecule has 2 aromatic rings. The van der Waals surface area contributed by atoms with Gasteiger partial charge >= 0.3 is 6.03 Å². The summed E-state index contributed by atoms with van der Waals surface area (Å²) in [5.74, 6) is 0.669. The summed E-state index contributed by atoms with van der Waals surface area (Å²) in [6.07, 6.45) is 0.585. The number of sulfonamides is 1. The average molecular weight is 489 g/mol. The number of anilines is 1. The lowest BCUT2D eigenvalue weighted by Crippen LogP contribution is -2.43. The largest absolute Gasteiger partial charge is 0.486 e. The molecule has 1 fully saturated rings. The number of fused-ring (bicyclic) bond motifs is 1. The number of nitrogens with zero attached hydrogens (tertiary/aromatic N) is 2. The van der Waals surface area contributed by atoms with E-state index in [0.717, 1.165) is 5.56 Å². The van der Waals surface area contributed by atoms with Crippen LogP contribution in [-0.2, 0) is 14.8 Å². The maximum Gasteiger partial charge on any atom is 0.325 e. The highest BCUT2D eigenvalue weighted by Gasteiger charge is 2.27. The molecule has 2 heterocycles. The van der Waals surface area contributed by atoms with Gasteiger partial charge in [-0.05, 0) is 44.2 Å². The van der Waals surface area contributed by atoms with Crippen LogP contribution in [0.15, 0.2) is 47.4 Å². The molecule has 0 atom stereocenters. The minimum absolute atomic E-state index is 0.00697. The molecule has 182 valence electrons. The zero-order valence-corrected chi connectivity index (χ0v) is 19.8. The highest BCUT2D eigenvalue weighted by molar-refractivity contribution is 7.89. The minimum atomic E-state index is -3.59. The standard InChI is InChI=1S/C23H28N4O6S/c1-17-3-6-19(7-4-17)34(30,31)27-10-2-9-26(11-12-27)16-22(28)25-23(29)24-18-5-8-20-21(15-18)33-14-13-32-20/h3-8,15H,2,9-14,16H2,1H3,(H2,24,25,28,29). The van der Waals surface area contributed by atoms with Gasteiger partial charge in [-0.2, -0.15) is 4.31 Å². The van der Waals surface area contributed by atoms with E-state index in [4.69, 9.17) is 9.47 Å². The van der Waals surface area contributed by atoms with Gasteiger partial charge in [0.25, 0.3) is 0 Å². The second-order valence-corrected chi connectivity index (χ2v) is 10.1. The molecule has 0 spiro atoms. The molecule has 2 aliphatic rings. The Labute approximate surface area is 198 Å². The van der Waals surface area contributed by atoms with Crippen molar-refractivity contribution in [1.82, 2.24) is 14.5 Å². The number of hydrogen-bond acceptors (Lipinski definition) is 7. The zero-order valence-electron chi connectivity index (χ0n) is 19.0. The van der Waals surface area contributed by atoms with E-state index in [0.29, 0.717) is 56.5 Å². The molecule has 1 saturated heterocycles. The van der Waals surface area contributed by atoms with Crippen molar-refractivity contribution in [1.29, 1.82) is 0 Å². The van der Waals surface area contributed by atoms with Crippen molar-refractivity contribution in [3.8, 4) is 11.5 Å². The summed E-state index contributed by atoms with van der Waals surface area (Å²) >= 11 is 0. The third-order valence-corrected chi connectivity index (χ3v) is 7.54. The van der Waals surface area contributed by atoms with Crippen LogP contribution in [0.25, 0.3) is 0 Å². The first-order valence-electron chi connectivity index (χ1n) is 11.1. The molecule has 10 nitrogen and oxygen atoms in total. The van der Waals surface area contributed by atoms with Crippen LogP contribution in [0, 0.1) is 6.92 Å². The number of carbonyl (C=O) groups excluding carboxylic acids is 2. The maximum atomic E-state index is 12.9. The fourth-order valence-electron chi connectivity index (χ4n) is 3.86. The quantitative estimate of drug-likeness (QED) is 0.659. The van der Waals surface area contributed by atoms with Crippen LogP contribution in [-0.4, -0.2) is 75.5 Å². The Bertz CT molecular complexity index is 1150. The number of carbonyl (C=O) groups is 2. The summed E-state index contributed by atoms with van der Waals surface area (Å²) < 4.78 is 38.3. The van der Waals surface area contributed by atoms with Gasteiger partial charge in [-0.1, -0.05) is 17.7 Å². The van der Waals surface area contributed by atoms with Crippen LogP contribution in [0.5, 0.6) is 11.5 Å². The Morgan fingerprint density at radius 3 is 2.44 bits per heavy atom. The average Bonchev–Trinajstić information content (AvgIpc) is 3.05. The van der Waals surface area contributed by atoms with Gasteiger partial charge in [0, 0.05) is 31.4 Å². The van der Waals surface area contributed by atoms with Gasteiger partial charge in [0.1, 0.15) is 13.2 Å². The second-order valence-electron chi connectivity index (χ2n) is 8.21. The van der Waals surface area contributed by atoms with Crippen molar-refractivity contribution in [2.45, 2.75) is 18.2 Å². The van der Waals surface area contributed by atoms with E-state index in [-0.39, 0.29) is 18.0 Å². The van der Waals surface area contributed by atoms with E-state index in [2.05, 4.69) is 10.6 Å². The minimum Gasteiger partial charge on any atom is -0.486 e. The highest BCUT2D eigenvalue weighted by Crippen LogP contribution is 2.32. The van der Waals surface area contributed by atoms with Crippen molar-refractivity contribution in [2.24, 2.45) is 0 Å². The van der Waals surface area contributed by atoms with Crippen molar-refractivity contribution >= 4 is 27.6 Å². The van der Waals surface area contributed by atoms with Gasteiger partial charge < -0.3 is 14.8 Å². The van der Waals surface area contributed by atoms with Crippen LogP contribution in [0.1, 0.15) is 12.0 Å². The molecule has 3 amide bonds. The summed E-state index contributed by atoms with van der Waals surface area (Å²) in [4.78, 5) is 26.8. The summed E-state index contributed by atoms with van der Waals surface area (Å²) in [6, 6.07) is 11.1. The van der Waals surface area contributed by atoms with Crippen molar-refractivity contribution < 1.29 is 27.5 Å². The normalized spacial score (nSPS) is 17.0. The molecular formula is C23H28N4O6S. The number of hydrogen-bond donors (Lipinski definition) is 2. The highest BCUT2D eigenvalue weighted by atomic mass is 32.2. The monoisotopic (exact) mass is 488 g/mol. The summed E-state index contributed by atoms with van der Waals surface area (Å²) in [6.45, 7) is 4.39. The van der Waals surface area contributed by atoms with Gasteiger partial charge in [-0.25, -0.2) is 13.2 Å². The Kier molecular flexibility index (Phi) is 7.35. The van der Waals surface area contributed by atoms with Gasteiger partial charge in [-0.15, -0.1) is 0 Å². The van der Waals surface area contributed by atoms with E-state index in [1.807, 2.05) is 11.8 Å². The summed E-state index contributed by atoms with van der Waals surface area (Å²) in [5.41, 5.74) is 1.46. The Morgan fingerprint density at radius 1 is 0.941 bits per heavy atom. The van der Waals surface area contributed by atoms with E-state index in [1.165, 1.54) is 4.31 Å². The number of imide groups is 1. The molecule has 0 saturated carbocycles. The van der Waals surface area contributed by atoms with E-state index in [9.17, 15) is 18.0 Å². The van der Waals surface area contributed by atoms with Crippen molar-refractivity contribution in [2.75, 3.05) is 51.3 Å². The van der Waals surface area contributed by atoms with Gasteiger partial charge in [-0.3, -0.25) is 15.0 Å². The second kappa shape index (κ2) is 10.4. The number of nitrogens with one attached hydrogen (secondary N) is 2. The van der Waals surface area contributed by atoms with Crippen LogP contribution in [0.4, 0.5) is 10.5 Å². The van der Waals surface area contributed by atoms with Crippen molar-refractivity contribution in [3.63, 3.8) is 0 Å². The van der Waals surface area contributed by atoms with Gasteiger partial charge in [0.15, 0.2) is 11.5 Å². The molecule has 2 aromatic carbocycles. The molecule has 0 aromatic heterocycles. The van der Waals surface area contributed by atoms with E-state index < -0.39 is 22.0 Å². The molecule has 2 N–H and O–H groups in total.